The van der Waals surface area contributed by atoms with Gasteiger partial charge in [0.1, 0.15) is 0 Å². The van der Waals surface area contributed by atoms with Gasteiger partial charge < -0.3 is 9.13 Å². The third kappa shape index (κ3) is 3.59. The van der Waals surface area contributed by atoms with Gasteiger partial charge in [-0.2, -0.15) is 0 Å². The lowest BCUT2D eigenvalue weighted by Gasteiger charge is -2.25. The van der Waals surface area contributed by atoms with Gasteiger partial charge in [-0.3, -0.25) is 0 Å². The number of benzene rings is 6. The topological polar surface area (TPSA) is 9.86 Å². The molecule has 1 aliphatic carbocycles. The van der Waals surface area contributed by atoms with Crippen LogP contribution in [0.15, 0.2) is 157 Å². The highest BCUT2D eigenvalue weighted by atomic mass is 32.2. The second-order valence-electron chi connectivity index (χ2n) is 12.1. The average molecular weight is 593 g/mol. The van der Waals surface area contributed by atoms with Gasteiger partial charge in [-0.1, -0.05) is 121 Å². The molecule has 2 atom stereocenters. The lowest BCUT2D eigenvalue weighted by molar-refractivity contribution is 0.784. The first-order chi connectivity index (χ1) is 22.3. The number of hydrogen-bond donors (Lipinski definition) is 0. The summed E-state index contributed by atoms with van der Waals surface area (Å²) >= 11 is 2.03. The van der Waals surface area contributed by atoms with Crippen LogP contribution >= 0.6 is 11.8 Å². The van der Waals surface area contributed by atoms with E-state index in [2.05, 4.69) is 167 Å². The fourth-order valence-electron chi connectivity index (χ4n) is 7.78. The average Bonchev–Trinajstić information content (AvgIpc) is 3.77. The Morgan fingerprint density at radius 1 is 0.511 bits per heavy atom. The molecule has 0 radical (unpaired) electrons. The first-order valence-corrected chi connectivity index (χ1v) is 16.5. The van der Waals surface area contributed by atoms with Gasteiger partial charge in [0, 0.05) is 54.9 Å². The van der Waals surface area contributed by atoms with Crippen LogP contribution in [0, 0.1) is 0 Å². The molecule has 10 rings (SSSR count). The summed E-state index contributed by atoms with van der Waals surface area (Å²) in [6.07, 6.45) is 4.84. The lowest BCUT2D eigenvalue weighted by atomic mass is 9.85. The summed E-state index contributed by atoms with van der Waals surface area (Å²) in [5.74, 6) is 0.240. The predicted molar refractivity (Wildman–Crippen MR) is 190 cm³/mol. The minimum Gasteiger partial charge on any atom is -0.312 e. The van der Waals surface area contributed by atoms with E-state index in [0.717, 1.165) is 0 Å². The SMILES string of the molecule is C1=CC2Sc3c(ccc4c5ccccc5n(-c5ccccc5)c34)C2c2c1c1ccccc1n2-c1cccc(-c2ccccc2)c1. The lowest BCUT2D eigenvalue weighted by Crippen LogP contribution is -2.17. The quantitative estimate of drug-likeness (QED) is 0.198. The van der Waals surface area contributed by atoms with Crippen molar-refractivity contribution in [3.05, 3.63) is 168 Å². The fourth-order valence-corrected chi connectivity index (χ4v) is 9.27. The molecule has 2 aromatic heterocycles. The van der Waals surface area contributed by atoms with E-state index in [1.54, 1.807) is 0 Å². The van der Waals surface area contributed by atoms with E-state index in [0.29, 0.717) is 5.25 Å². The summed E-state index contributed by atoms with van der Waals surface area (Å²) in [4.78, 5) is 1.40. The van der Waals surface area contributed by atoms with Crippen LogP contribution in [-0.4, -0.2) is 14.4 Å². The number of thioether (sulfide) groups is 1. The zero-order valence-electron chi connectivity index (χ0n) is 24.5. The van der Waals surface area contributed by atoms with Crippen LogP contribution in [0.4, 0.5) is 0 Å². The van der Waals surface area contributed by atoms with Crippen molar-refractivity contribution in [1.82, 2.24) is 9.13 Å². The molecule has 45 heavy (non-hydrogen) atoms. The zero-order valence-corrected chi connectivity index (χ0v) is 25.3. The van der Waals surface area contributed by atoms with Crippen molar-refractivity contribution in [3.8, 4) is 22.5 Å². The highest BCUT2D eigenvalue weighted by Crippen LogP contribution is 2.57. The minimum atomic E-state index is 0.240. The van der Waals surface area contributed by atoms with Crippen molar-refractivity contribution in [3.63, 3.8) is 0 Å². The molecular formula is C42H28N2S. The van der Waals surface area contributed by atoms with Crippen molar-refractivity contribution in [2.75, 3.05) is 0 Å². The van der Waals surface area contributed by atoms with Crippen LogP contribution in [0.25, 0.3) is 61.3 Å². The molecule has 0 bridgehead atoms. The summed E-state index contributed by atoms with van der Waals surface area (Å²) in [5, 5.41) is 4.25. The molecule has 2 aliphatic rings. The van der Waals surface area contributed by atoms with Crippen molar-refractivity contribution < 1.29 is 0 Å². The maximum Gasteiger partial charge on any atom is 0.0680 e. The normalized spacial score (nSPS) is 16.7. The molecule has 2 unspecified atom stereocenters. The van der Waals surface area contributed by atoms with Crippen LogP contribution < -0.4 is 0 Å². The smallest absolute Gasteiger partial charge is 0.0680 e. The summed E-state index contributed by atoms with van der Waals surface area (Å²) in [6.45, 7) is 0. The van der Waals surface area contributed by atoms with Crippen LogP contribution in [0.1, 0.15) is 22.7 Å². The Labute approximate surface area is 265 Å². The Bertz CT molecular complexity index is 2460. The second-order valence-corrected chi connectivity index (χ2v) is 13.2. The van der Waals surface area contributed by atoms with E-state index in [4.69, 9.17) is 0 Å². The third-order valence-electron chi connectivity index (χ3n) is 9.66. The number of nitrogens with zero attached hydrogens (tertiary/aromatic N) is 2. The minimum absolute atomic E-state index is 0.240. The molecule has 3 heteroatoms. The Hall–Kier alpha value is -5.25. The van der Waals surface area contributed by atoms with Crippen LogP contribution in [0.3, 0.4) is 0 Å². The molecule has 212 valence electrons. The highest BCUT2D eigenvalue weighted by Gasteiger charge is 2.41. The zero-order chi connectivity index (χ0) is 29.5. The molecular weight excluding hydrogens is 565 g/mol. The molecule has 0 saturated heterocycles. The molecule has 0 fully saturated rings. The Kier molecular flexibility index (Phi) is 5.37. The van der Waals surface area contributed by atoms with Gasteiger partial charge >= 0.3 is 0 Å². The maximum absolute atomic E-state index is 2.55. The van der Waals surface area contributed by atoms with Crippen molar-refractivity contribution >= 4 is 50.5 Å². The van der Waals surface area contributed by atoms with Gasteiger partial charge in [0.15, 0.2) is 0 Å². The summed E-state index contributed by atoms with van der Waals surface area (Å²) in [6, 6.07) is 53.2. The summed E-state index contributed by atoms with van der Waals surface area (Å²) < 4.78 is 5.03. The molecule has 3 heterocycles. The van der Waals surface area contributed by atoms with Crippen molar-refractivity contribution in [1.29, 1.82) is 0 Å². The Morgan fingerprint density at radius 3 is 2.00 bits per heavy atom. The Balaban J connectivity index is 1.25. The van der Waals surface area contributed by atoms with E-state index < -0.39 is 0 Å². The van der Waals surface area contributed by atoms with E-state index >= 15 is 0 Å². The summed E-state index contributed by atoms with van der Waals surface area (Å²) in [7, 11) is 0. The molecule has 1 aliphatic heterocycles. The van der Waals surface area contributed by atoms with Gasteiger partial charge in [0.2, 0.25) is 0 Å². The van der Waals surface area contributed by atoms with Crippen molar-refractivity contribution in [2.24, 2.45) is 0 Å². The van der Waals surface area contributed by atoms with Crippen LogP contribution in [0.5, 0.6) is 0 Å². The Morgan fingerprint density at radius 2 is 1.18 bits per heavy atom. The van der Waals surface area contributed by atoms with E-state index in [1.165, 1.54) is 76.9 Å². The first-order valence-electron chi connectivity index (χ1n) is 15.6. The molecule has 0 saturated carbocycles. The monoisotopic (exact) mass is 592 g/mol. The predicted octanol–water partition coefficient (Wildman–Crippen LogP) is 11.0. The highest BCUT2D eigenvalue weighted by molar-refractivity contribution is 8.00. The first kappa shape index (κ1) is 25.1. The van der Waals surface area contributed by atoms with Gasteiger partial charge in [-0.25, -0.2) is 0 Å². The van der Waals surface area contributed by atoms with Gasteiger partial charge in [0.25, 0.3) is 0 Å². The molecule has 0 amide bonds. The number of rotatable bonds is 3. The number of aromatic nitrogens is 2. The molecule has 2 nitrogen and oxygen atoms in total. The summed E-state index contributed by atoms with van der Waals surface area (Å²) in [5.41, 5.74) is 12.9. The molecule has 6 aromatic carbocycles. The van der Waals surface area contributed by atoms with Crippen LogP contribution in [0.2, 0.25) is 0 Å². The number of hydrogen-bond acceptors (Lipinski definition) is 1. The van der Waals surface area contributed by atoms with Gasteiger partial charge in [-0.05, 0) is 53.1 Å². The van der Waals surface area contributed by atoms with E-state index in [1.807, 2.05) is 11.8 Å². The standard InChI is InChI=1S/C42H28N2S/c1-3-12-27(13-4-1)28-14-11-17-30(26-28)44-37-21-10-7-18-31(37)33-24-25-38-39(40(33)44)35-23-22-34-32-19-8-9-20-36(32)43(41(34)42(35)45-38)29-15-5-2-6-16-29/h1-26,38-39H. The van der Waals surface area contributed by atoms with Gasteiger partial charge in [-0.15, -0.1) is 11.8 Å². The molecule has 0 N–H and O–H groups in total. The fraction of sp³-hybridized carbons (Fsp3) is 0.0476. The van der Waals surface area contributed by atoms with E-state index in [9.17, 15) is 0 Å². The largest absolute Gasteiger partial charge is 0.312 e. The third-order valence-corrected chi connectivity index (χ3v) is 11.0. The molecule has 8 aromatic rings. The van der Waals surface area contributed by atoms with Crippen LogP contribution in [-0.2, 0) is 0 Å². The van der Waals surface area contributed by atoms with E-state index in [-0.39, 0.29) is 5.92 Å². The number of fused-ring (bicyclic) bond motifs is 11. The van der Waals surface area contributed by atoms with Crippen molar-refractivity contribution in [2.45, 2.75) is 16.1 Å². The maximum atomic E-state index is 2.55. The van der Waals surface area contributed by atoms with Gasteiger partial charge in [0.05, 0.1) is 16.6 Å². The second kappa shape index (κ2) is 9.62. The molecule has 0 spiro atoms. The number of para-hydroxylation sites is 3.